The minimum Gasteiger partial charge on any atom is -0.437 e. The van der Waals surface area contributed by atoms with Gasteiger partial charge in [0.15, 0.2) is 0 Å². The highest BCUT2D eigenvalue weighted by atomic mass is 35.5. The van der Waals surface area contributed by atoms with Gasteiger partial charge in [-0.2, -0.15) is 0 Å². The molecule has 0 saturated heterocycles. The van der Waals surface area contributed by atoms with E-state index < -0.39 is 0 Å². The normalized spacial score (nSPS) is 10.3. The highest BCUT2D eigenvalue weighted by molar-refractivity contribution is 6.42. The molecular weight excluding hydrogens is 259 g/mol. The van der Waals surface area contributed by atoms with E-state index in [-0.39, 0.29) is 0 Å². The summed E-state index contributed by atoms with van der Waals surface area (Å²) < 4.78 is 5.59. The van der Waals surface area contributed by atoms with Crippen LogP contribution in [0.25, 0.3) is 0 Å². The van der Waals surface area contributed by atoms with Crippen LogP contribution in [0.2, 0.25) is 10.0 Å². The second-order valence-electron chi connectivity index (χ2n) is 3.54. The SMILES string of the molecule is Cc1cc(N)cnc1Oc1cccc(Cl)c1Cl. The largest absolute Gasteiger partial charge is 0.437 e. The first kappa shape index (κ1) is 12.0. The van der Waals surface area contributed by atoms with Gasteiger partial charge < -0.3 is 10.5 Å². The molecule has 0 spiro atoms. The molecule has 1 aromatic heterocycles. The highest BCUT2D eigenvalue weighted by Gasteiger charge is 2.09. The monoisotopic (exact) mass is 268 g/mol. The van der Waals surface area contributed by atoms with Gasteiger partial charge in [-0.1, -0.05) is 29.3 Å². The Balaban J connectivity index is 2.35. The van der Waals surface area contributed by atoms with Crippen LogP contribution in [-0.4, -0.2) is 4.98 Å². The van der Waals surface area contributed by atoms with Gasteiger partial charge in [-0.05, 0) is 25.1 Å². The fourth-order valence-electron chi connectivity index (χ4n) is 1.36. The lowest BCUT2D eigenvalue weighted by Crippen LogP contribution is -1.94. The van der Waals surface area contributed by atoms with Crippen molar-refractivity contribution >= 4 is 28.9 Å². The fraction of sp³-hybridized carbons (Fsp3) is 0.0833. The third kappa shape index (κ3) is 2.62. The average molecular weight is 269 g/mol. The number of nitrogens with zero attached hydrogens (tertiary/aromatic N) is 1. The molecule has 0 fully saturated rings. The molecule has 0 atom stereocenters. The number of aryl methyl sites for hydroxylation is 1. The van der Waals surface area contributed by atoms with Crippen molar-refractivity contribution in [3.8, 4) is 11.6 Å². The molecule has 0 aliphatic heterocycles. The molecule has 2 rings (SSSR count). The van der Waals surface area contributed by atoms with Gasteiger partial charge in [-0.3, -0.25) is 0 Å². The van der Waals surface area contributed by atoms with Crippen molar-refractivity contribution in [1.29, 1.82) is 0 Å². The second kappa shape index (κ2) is 4.82. The van der Waals surface area contributed by atoms with Gasteiger partial charge in [0, 0.05) is 5.56 Å². The molecule has 1 heterocycles. The van der Waals surface area contributed by atoms with Crippen molar-refractivity contribution in [2.75, 3.05) is 5.73 Å². The van der Waals surface area contributed by atoms with E-state index in [1.54, 1.807) is 24.3 Å². The van der Waals surface area contributed by atoms with E-state index in [0.29, 0.717) is 27.4 Å². The number of hydrogen-bond donors (Lipinski definition) is 1. The summed E-state index contributed by atoms with van der Waals surface area (Å²) in [5, 5.41) is 0.810. The Morgan fingerprint density at radius 2 is 2.06 bits per heavy atom. The molecule has 0 bridgehead atoms. The Hall–Kier alpha value is -1.45. The van der Waals surface area contributed by atoms with Crippen LogP contribution in [-0.2, 0) is 0 Å². The smallest absolute Gasteiger partial charge is 0.222 e. The van der Waals surface area contributed by atoms with Crippen LogP contribution in [0, 0.1) is 6.92 Å². The number of aromatic nitrogens is 1. The topological polar surface area (TPSA) is 48.1 Å². The average Bonchev–Trinajstić information content (AvgIpc) is 2.28. The van der Waals surface area contributed by atoms with E-state index in [9.17, 15) is 0 Å². The van der Waals surface area contributed by atoms with E-state index in [2.05, 4.69) is 4.98 Å². The number of benzene rings is 1. The van der Waals surface area contributed by atoms with E-state index in [1.807, 2.05) is 6.92 Å². The molecule has 0 aliphatic rings. The maximum atomic E-state index is 6.02. The standard InChI is InChI=1S/C12H10Cl2N2O/c1-7-5-8(15)6-16-12(7)17-10-4-2-3-9(13)11(10)14/h2-6H,15H2,1H3. The highest BCUT2D eigenvalue weighted by Crippen LogP contribution is 2.34. The molecule has 0 saturated carbocycles. The molecule has 0 unspecified atom stereocenters. The van der Waals surface area contributed by atoms with Crippen LogP contribution >= 0.6 is 23.2 Å². The summed E-state index contributed by atoms with van der Waals surface area (Å²) in [6, 6.07) is 6.96. The molecule has 88 valence electrons. The minimum atomic E-state index is 0.368. The Bertz CT molecular complexity index is 558. The van der Waals surface area contributed by atoms with Gasteiger partial charge in [-0.15, -0.1) is 0 Å². The molecule has 1 aromatic carbocycles. The van der Waals surface area contributed by atoms with Crippen LogP contribution in [0.1, 0.15) is 5.56 Å². The number of anilines is 1. The zero-order chi connectivity index (χ0) is 12.4. The first-order chi connectivity index (χ1) is 8.08. The Morgan fingerprint density at radius 3 is 2.76 bits per heavy atom. The van der Waals surface area contributed by atoms with Crippen LogP contribution in [0.5, 0.6) is 11.6 Å². The molecule has 2 aromatic rings. The Labute approximate surface area is 109 Å². The summed E-state index contributed by atoms with van der Waals surface area (Å²) in [7, 11) is 0. The van der Waals surface area contributed by atoms with Crippen LogP contribution < -0.4 is 10.5 Å². The molecule has 2 N–H and O–H groups in total. The van der Waals surface area contributed by atoms with E-state index >= 15 is 0 Å². The van der Waals surface area contributed by atoms with Gasteiger partial charge in [0.1, 0.15) is 10.8 Å². The Morgan fingerprint density at radius 1 is 1.29 bits per heavy atom. The van der Waals surface area contributed by atoms with Crippen molar-refractivity contribution in [2.45, 2.75) is 6.92 Å². The molecule has 17 heavy (non-hydrogen) atoms. The first-order valence-electron chi connectivity index (χ1n) is 4.92. The number of pyridine rings is 1. The summed E-state index contributed by atoms with van der Waals surface area (Å²) in [6.45, 7) is 1.86. The second-order valence-corrected chi connectivity index (χ2v) is 4.33. The number of halogens is 2. The summed E-state index contributed by atoms with van der Waals surface area (Å²) in [5.74, 6) is 0.933. The molecular formula is C12H10Cl2N2O. The van der Waals surface area contributed by atoms with Gasteiger partial charge in [0.2, 0.25) is 5.88 Å². The summed E-state index contributed by atoms with van der Waals surface area (Å²) >= 11 is 11.9. The van der Waals surface area contributed by atoms with Crippen molar-refractivity contribution in [3.63, 3.8) is 0 Å². The molecule has 5 heteroatoms. The molecule has 0 amide bonds. The summed E-state index contributed by atoms with van der Waals surface area (Å²) in [6.07, 6.45) is 1.53. The zero-order valence-electron chi connectivity index (χ0n) is 9.08. The lowest BCUT2D eigenvalue weighted by Gasteiger charge is -2.09. The predicted octanol–water partition coefficient (Wildman–Crippen LogP) is 4.07. The first-order valence-corrected chi connectivity index (χ1v) is 5.67. The number of nitrogens with two attached hydrogens (primary N) is 1. The number of rotatable bonds is 2. The number of hydrogen-bond acceptors (Lipinski definition) is 3. The van der Waals surface area contributed by atoms with Gasteiger partial charge in [-0.25, -0.2) is 4.98 Å². The van der Waals surface area contributed by atoms with Gasteiger partial charge in [0.25, 0.3) is 0 Å². The maximum absolute atomic E-state index is 6.02. The zero-order valence-corrected chi connectivity index (χ0v) is 10.6. The van der Waals surface area contributed by atoms with Crippen LogP contribution in [0.3, 0.4) is 0 Å². The van der Waals surface area contributed by atoms with Crippen LogP contribution in [0.4, 0.5) is 5.69 Å². The van der Waals surface area contributed by atoms with Crippen molar-refractivity contribution in [2.24, 2.45) is 0 Å². The third-order valence-electron chi connectivity index (χ3n) is 2.17. The number of nitrogen functional groups attached to an aromatic ring is 1. The van der Waals surface area contributed by atoms with Crippen LogP contribution in [0.15, 0.2) is 30.5 Å². The van der Waals surface area contributed by atoms with E-state index in [0.717, 1.165) is 5.56 Å². The van der Waals surface area contributed by atoms with Gasteiger partial charge >= 0.3 is 0 Å². The molecule has 3 nitrogen and oxygen atoms in total. The van der Waals surface area contributed by atoms with E-state index in [4.69, 9.17) is 33.7 Å². The third-order valence-corrected chi connectivity index (χ3v) is 2.98. The fourth-order valence-corrected chi connectivity index (χ4v) is 1.69. The quantitative estimate of drug-likeness (QED) is 0.893. The molecule has 0 aliphatic carbocycles. The lowest BCUT2D eigenvalue weighted by atomic mass is 10.3. The Kier molecular flexibility index (Phi) is 3.41. The predicted molar refractivity (Wildman–Crippen MR) is 69.9 cm³/mol. The maximum Gasteiger partial charge on any atom is 0.222 e. The van der Waals surface area contributed by atoms with Crippen molar-refractivity contribution < 1.29 is 4.74 Å². The summed E-state index contributed by atoms with van der Waals surface area (Å²) in [4.78, 5) is 4.09. The minimum absolute atomic E-state index is 0.368. The number of ether oxygens (including phenoxy) is 1. The van der Waals surface area contributed by atoms with Crippen molar-refractivity contribution in [1.82, 2.24) is 4.98 Å². The van der Waals surface area contributed by atoms with E-state index in [1.165, 1.54) is 6.20 Å². The molecule has 0 radical (unpaired) electrons. The van der Waals surface area contributed by atoms with Gasteiger partial charge in [0.05, 0.1) is 16.9 Å². The van der Waals surface area contributed by atoms with Crippen molar-refractivity contribution in [3.05, 3.63) is 46.1 Å². The summed E-state index contributed by atoms with van der Waals surface area (Å²) in [5.41, 5.74) is 7.03. The lowest BCUT2D eigenvalue weighted by molar-refractivity contribution is 0.459.